The minimum atomic E-state index is -0.364. The van der Waals surface area contributed by atoms with Crippen LogP contribution in [0.1, 0.15) is 36.5 Å². The number of nitrogens with one attached hydrogen (secondary N) is 1. The van der Waals surface area contributed by atoms with Crippen LogP contribution >= 0.6 is 11.3 Å². The summed E-state index contributed by atoms with van der Waals surface area (Å²) >= 11 is 1.50. The van der Waals surface area contributed by atoms with Crippen LogP contribution in [0.25, 0.3) is 21.7 Å². The van der Waals surface area contributed by atoms with Gasteiger partial charge in [0.15, 0.2) is 5.58 Å². The molecule has 148 valence electrons. The monoisotopic (exact) mass is 400 g/mol. The number of fused-ring (bicyclic) bond motifs is 1. The molecule has 1 aliphatic heterocycles. The lowest BCUT2D eigenvalue weighted by Gasteiger charge is -2.22. The molecule has 0 aliphatic carbocycles. The molecule has 0 saturated carbocycles. The lowest BCUT2D eigenvalue weighted by atomic mass is 10.1. The molecule has 1 N–H and O–H groups in total. The predicted octanol–water partition coefficient (Wildman–Crippen LogP) is 3.71. The second kappa shape index (κ2) is 8.28. The molecule has 28 heavy (non-hydrogen) atoms. The van der Waals surface area contributed by atoms with Crippen LogP contribution in [0, 0.1) is 0 Å². The van der Waals surface area contributed by atoms with Gasteiger partial charge < -0.3 is 19.4 Å². The zero-order chi connectivity index (χ0) is 19.5. The molecule has 3 aromatic rings. The first kappa shape index (κ1) is 18.9. The van der Waals surface area contributed by atoms with E-state index < -0.39 is 0 Å². The van der Waals surface area contributed by atoms with Crippen molar-refractivity contribution in [1.29, 1.82) is 0 Å². The number of esters is 1. The molecule has 1 fully saturated rings. The first-order valence-electron chi connectivity index (χ1n) is 9.63. The fourth-order valence-corrected chi connectivity index (χ4v) is 4.21. The van der Waals surface area contributed by atoms with Gasteiger partial charge in [0, 0.05) is 30.7 Å². The Morgan fingerprint density at radius 1 is 1.43 bits per heavy atom. The maximum atomic E-state index is 12.3. The van der Waals surface area contributed by atoms with E-state index in [4.69, 9.17) is 14.1 Å². The van der Waals surface area contributed by atoms with E-state index >= 15 is 0 Å². The van der Waals surface area contributed by atoms with Crippen molar-refractivity contribution in [2.75, 3.05) is 31.6 Å². The average Bonchev–Trinajstić information content (AvgIpc) is 3.32. The summed E-state index contributed by atoms with van der Waals surface area (Å²) in [5, 5.41) is 6.07. The minimum absolute atomic E-state index is 0.326. The van der Waals surface area contributed by atoms with Crippen molar-refractivity contribution in [1.82, 2.24) is 15.3 Å². The van der Waals surface area contributed by atoms with E-state index in [1.807, 2.05) is 12.4 Å². The number of anilines is 1. The van der Waals surface area contributed by atoms with Crippen LogP contribution in [0.2, 0.25) is 0 Å². The fraction of sp³-hybridized carbons (Fsp3) is 0.450. The van der Waals surface area contributed by atoms with Gasteiger partial charge in [-0.25, -0.2) is 9.78 Å². The van der Waals surface area contributed by atoms with E-state index in [2.05, 4.69) is 15.2 Å². The molecule has 1 atom stereocenters. The maximum absolute atomic E-state index is 12.3. The number of oxazole rings is 1. The molecular weight excluding hydrogens is 376 g/mol. The number of likely N-dealkylation sites (N-methyl/N-ethyl adjacent to an activating group) is 1. The molecular formula is C20H24N4O3S. The van der Waals surface area contributed by atoms with Gasteiger partial charge >= 0.3 is 5.97 Å². The second-order valence-corrected chi connectivity index (χ2v) is 7.75. The lowest BCUT2D eigenvalue weighted by Crippen LogP contribution is -2.38. The quantitative estimate of drug-likeness (QED) is 0.654. The third-order valence-corrected chi connectivity index (χ3v) is 5.81. The number of rotatable bonds is 5. The maximum Gasteiger partial charge on any atom is 0.338 e. The Bertz CT molecular complexity index is 954. The van der Waals surface area contributed by atoms with Gasteiger partial charge in [-0.1, -0.05) is 6.42 Å². The summed E-state index contributed by atoms with van der Waals surface area (Å²) in [7, 11) is 1.99. The first-order valence-corrected chi connectivity index (χ1v) is 10.5. The molecule has 1 aromatic carbocycles. The van der Waals surface area contributed by atoms with Gasteiger partial charge in [-0.2, -0.15) is 4.98 Å². The standard InChI is InChI=1S/C20H24N4O3S/c1-3-26-19(25)13-10-15(18-22-7-9-28-18)17-16(11-13)23-20(27-17)24-8-5-4-6-14(12-24)21-2/h7,9-11,14,21H,3-6,8,12H2,1-2H3. The molecule has 1 saturated heterocycles. The molecule has 1 unspecified atom stereocenters. The summed E-state index contributed by atoms with van der Waals surface area (Å²) in [6.45, 7) is 3.87. The van der Waals surface area contributed by atoms with Gasteiger partial charge in [0.2, 0.25) is 0 Å². The van der Waals surface area contributed by atoms with Gasteiger partial charge in [-0.3, -0.25) is 0 Å². The second-order valence-electron chi connectivity index (χ2n) is 6.85. The number of ether oxygens (including phenoxy) is 1. The predicted molar refractivity (Wildman–Crippen MR) is 110 cm³/mol. The Hall–Kier alpha value is -2.45. The van der Waals surface area contributed by atoms with Gasteiger partial charge in [0.05, 0.1) is 17.7 Å². The molecule has 1 aliphatic rings. The van der Waals surface area contributed by atoms with Crippen LogP contribution in [0.3, 0.4) is 0 Å². The molecule has 0 radical (unpaired) electrons. The highest BCUT2D eigenvalue weighted by atomic mass is 32.1. The Morgan fingerprint density at radius 3 is 3.07 bits per heavy atom. The highest BCUT2D eigenvalue weighted by Gasteiger charge is 2.24. The number of hydrogen-bond acceptors (Lipinski definition) is 8. The molecule has 8 heteroatoms. The highest BCUT2D eigenvalue weighted by molar-refractivity contribution is 7.13. The van der Waals surface area contributed by atoms with Crippen LogP contribution in [0.4, 0.5) is 6.01 Å². The van der Waals surface area contributed by atoms with E-state index in [1.165, 1.54) is 17.8 Å². The molecule has 4 rings (SSSR count). The zero-order valence-corrected chi connectivity index (χ0v) is 16.9. The number of benzene rings is 1. The van der Waals surface area contributed by atoms with Crippen molar-refractivity contribution >= 4 is 34.4 Å². The number of nitrogens with zero attached hydrogens (tertiary/aromatic N) is 3. The highest BCUT2D eigenvalue weighted by Crippen LogP contribution is 2.35. The Labute approximate surface area is 167 Å². The number of carbonyl (C=O) groups is 1. The van der Waals surface area contributed by atoms with Crippen LogP contribution in [-0.2, 0) is 4.74 Å². The van der Waals surface area contributed by atoms with Gasteiger partial charge in [0.1, 0.15) is 10.5 Å². The van der Waals surface area contributed by atoms with Crippen LogP contribution in [0.15, 0.2) is 28.1 Å². The van der Waals surface area contributed by atoms with Gasteiger partial charge in [-0.15, -0.1) is 11.3 Å². The smallest absolute Gasteiger partial charge is 0.338 e. The molecule has 0 spiro atoms. The van der Waals surface area contributed by atoms with E-state index in [1.54, 1.807) is 25.3 Å². The summed E-state index contributed by atoms with van der Waals surface area (Å²) in [6.07, 6.45) is 5.17. The number of thiazole rings is 1. The van der Waals surface area contributed by atoms with Crippen LogP contribution in [0.5, 0.6) is 0 Å². The van der Waals surface area contributed by atoms with Gasteiger partial charge in [-0.05, 0) is 38.9 Å². The van der Waals surface area contributed by atoms with E-state index in [-0.39, 0.29) is 5.97 Å². The average molecular weight is 401 g/mol. The third-order valence-electron chi connectivity index (χ3n) is 5.00. The normalized spacial score (nSPS) is 17.6. The van der Waals surface area contributed by atoms with Crippen molar-refractivity contribution in [2.45, 2.75) is 32.2 Å². The Kier molecular flexibility index (Phi) is 5.59. The van der Waals surface area contributed by atoms with Crippen molar-refractivity contribution in [3.8, 4) is 10.6 Å². The lowest BCUT2D eigenvalue weighted by molar-refractivity contribution is 0.0526. The summed E-state index contributed by atoms with van der Waals surface area (Å²) in [5.41, 5.74) is 2.54. The van der Waals surface area contributed by atoms with Gasteiger partial charge in [0.25, 0.3) is 6.01 Å². The number of aromatic nitrogens is 2. The molecule has 0 amide bonds. The summed E-state index contributed by atoms with van der Waals surface area (Å²) in [4.78, 5) is 23.6. The van der Waals surface area contributed by atoms with Crippen LogP contribution in [-0.4, -0.2) is 48.7 Å². The molecule has 2 aromatic heterocycles. The van der Waals surface area contributed by atoms with Crippen molar-refractivity contribution < 1.29 is 13.9 Å². The minimum Gasteiger partial charge on any atom is -0.462 e. The van der Waals surface area contributed by atoms with E-state index in [0.717, 1.165) is 36.5 Å². The largest absolute Gasteiger partial charge is 0.462 e. The third kappa shape index (κ3) is 3.74. The van der Waals surface area contributed by atoms with E-state index in [0.29, 0.717) is 35.3 Å². The number of hydrogen-bond donors (Lipinski definition) is 1. The van der Waals surface area contributed by atoms with E-state index in [9.17, 15) is 4.79 Å². The van der Waals surface area contributed by atoms with Crippen molar-refractivity contribution in [3.63, 3.8) is 0 Å². The number of carbonyl (C=O) groups excluding carboxylic acids is 1. The molecule has 0 bridgehead atoms. The Balaban J connectivity index is 1.78. The van der Waals surface area contributed by atoms with Crippen molar-refractivity contribution in [3.05, 3.63) is 29.3 Å². The summed E-state index contributed by atoms with van der Waals surface area (Å²) in [5.74, 6) is -0.364. The summed E-state index contributed by atoms with van der Waals surface area (Å²) < 4.78 is 11.4. The first-order chi connectivity index (χ1) is 13.7. The topological polar surface area (TPSA) is 80.5 Å². The zero-order valence-electron chi connectivity index (χ0n) is 16.1. The molecule has 7 nitrogen and oxygen atoms in total. The SMILES string of the molecule is CCOC(=O)c1cc(-c2nccs2)c2oc(N3CCCCC(NC)C3)nc2c1. The molecule has 3 heterocycles. The summed E-state index contributed by atoms with van der Waals surface area (Å²) in [6, 6.07) is 4.53. The Morgan fingerprint density at radius 2 is 2.32 bits per heavy atom. The fourth-order valence-electron chi connectivity index (χ4n) is 3.56. The van der Waals surface area contributed by atoms with Crippen molar-refractivity contribution in [2.24, 2.45) is 0 Å². The van der Waals surface area contributed by atoms with Crippen LogP contribution < -0.4 is 10.2 Å².